The molecule has 0 saturated carbocycles. The van der Waals surface area contributed by atoms with Crippen molar-refractivity contribution >= 4 is 0 Å². The van der Waals surface area contributed by atoms with Crippen LogP contribution in [0.25, 0.3) is 0 Å². The second-order valence-corrected chi connectivity index (χ2v) is 2.30. The minimum atomic E-state index is -0.268. The Balaban J connectivity index is 3.19. The molecule has 0 saturated heterocycles. The summed E-state index contributed by atoms with van der Waals surface area (Å²) >= 11 is 0. The van der Waals surface area contributed by atoms with Gasteiger partial charge in [0.1, 0.15) is 5.82 Å². The van der Waals surface area contributed by atoms with E-state index in [1.54, 1.807) is 6.07 Å². The lowest BCUT2D eigenvalue weighted by molar-refractivity contribution is 0.626. The predicted molar refractivity (Wildman–Crippen MR) is 43.7 cm³/mol. The number of hydrogen-bond acceptors (Lipinski definition) is 0. The fraction of sp³-hybridized carbons (Fsp3) is 0.200. The van der Waals surface area contributed by atoms with Crippen LogP contribution in [0, 0.1) is 18.2 Å². The van der Waals surface area contributed by atoms with Gasteiger partial charge in [-0.3, -0.25) is 0 Å². The van der Waals surface area contributed by atoms with Crippen LogP contribution in [-0.4, -0.2) is 0 Å². The van der Waals surface area contributed by atoms with E-state index in [1.165, 1.54) is 12.1 Å². The standard InChI is InChI=1S/C10H9F/c1-3-8-5-6-10(11)7-9(8)4-2/h2,5-7H,3H2,1H3. The Labute approximate surface area is 66.1 Å². The van der Waals surface area contributed by atoms with E-state index in [2.05, 4.69) is 5.92 Å². The van der Waals surface area contributed by atoms with Crippen molar-refractivity contribution in [1.29, 1.82) is 0 Å². The van der Waals surface area contributed by atoms with Gasteiger partial charge in [-0.05, 0) is 24.1 Å². The third-order valence-corrected chi connectivity index (χ3v) is 1.61. The second-order valence-electron chi connectivity index (χ2n) is 2.30. The van der Waals surface area contributed by atoms with E-state index in [-0.39, 0.29) is 5.82 Å². The van der Waals surface area contributed by atoms with Crippen LogP contribution in [0.5, 0.6) is 0 Å². The normalized spacial score (nSPS) is 9.18. The Morgan fingerprint density at radius 2 is 2.27 bits per heavy atom. The van der Waals surface area contributed by atoms with Crippen molar-refractivity contribution in [1.82, 2.24) is 0 Å². The Hall–Kier alpha value is -1.29. The monoisotopic (exact) mass is 148 g/mol. The van der Waals surface area contributed by atoms with Crippen molar-refractivity contribution in [3.05, 3.63) is 35.1 Å². The molecule has 0 aliphatic rings. The van der Waals surface area contributed by atoms with Gasteiger partial charge in [0.15, 0.2) is 0 Å². The molecule has 1 aromatic carbocycles. The SMILES string of the molecule is C#Cc1cc(F)ccc1CC. The summed E-state index contributed by atoms with van der Waals surface area (Å²) in [6.45, 7) is 1.99. The highest BCUT2D eigenvalue weighted by Crippen LogP contribution is 2.10. The van der Waals surface area contributed by atoms with Crippen molar-refractivity contribution < 1.29 is 4.39 Å². The van der Waals surface area contributed by atoms with Gasteiger partial charge < -0.3 is 0 Å². The maximum Gasteiger partial charge on any atom is 0.124 e. The summed E-state index contributed by atoms with van der Waals surface area (Å²) in [7, 11) is 0. The largest absolute Gasteiger partial charge is 0.207 e. The smallest absolute Gasteiger partial charge is 0.124 e. The van der Waals surface area contributed by atoms with Gasteiger partial charge in [-0.2, -0.15) is 0 Å². The van der Waals surface area contributed by atoms with Gasteiger partial charge in [0.2, 0.25) is 0 Å². The van der Waals surface area contributed by atoms with Crippen molar-refractivity contribution in [2.75, 3.05) is 0 Å². The molecule has 56 valence electrons. The van der Waals surface area contributed by atoms with E-state index in [0.717, 1.165) is 12.0 Å². The topological polar surface area (TPSA) is 0 Å². The molecule has 0 nitrogen and oxygen atoms in total. The highest BCUT2D eigenvalue weighted by Gasteiger charge is 1.98. The molecule has 0 radical (unpaired) electrons. The molecular weight excluding hydrogens is 139 g/mol. The highest BCUT2D eigenvalue weighted by molar-refractivity contribution is 5.40. The number of halogens is 1. The van der Waals surface area contributed by atoms with Crippen LogP contribution in [0.1, 0.15) is 18.1 Å². The average Bonchev–Trinajstić information content (AvgIpc) is 2.04. The lowest BCUT2D eigenvalue weighted by Crippen LogP contribution is -1.87. The zero-order valence-electron chi connectivity index (χ0n) is 6.39. The summed E-state index contributed by atoms with van der Waals surface area (Å²) in [5.74, 6) is 2.18. The minimum absolute atomic E-state index is 0.268. The number of aryl methyl sites for hydroxylation is 1. The molecule has 0 fully saturated rings. The van der Waals surface area contributed by atoms with E-state index in [9.17, 15) is 4.39 Å². The van der Waals surface area contributed by atoms with E-state index >= 15 is 0 Å². The molecule has 0 aliphatic carbocycles. The number of rotatable bonds is 1. The quantitative estimate of drug-likeness (QED) is 0.536. The molecule has 0 unspecified atom stereocenters. The summed E-state index contributed by atoms with van der Waals surface area (Å²) in [4.78, 5) is 0. The van der Waals surface area contributed by atoms with Gasteiger partial charge >= 0.3 is 0 Å². The Morgan fingerprint density at radius 3 is 2.82 bits per heavy atom. The van der Waals surface area contributed by atoms with Gasteiger partial charge in [-0.15, -0.1) is 6.42 Å². The maximum atomic E-state index is 12.6. The molecule has 0 bridgehead atoms. The number of hydrogen-bond donors (Lipinski definition) is 0. The average molecular weight is 148 g/mol. The lowest BCUT2D eigenvalue weighted by Gasteiger charge is -1.99. The zero-order chi connectivity index (χ0) is 8.27. The van der Waals surface area contributed by atoms with Crippen LogP contribution >= 0.6 is 0 Å². The van der Waals surface area contributed by atoms with E-state index < -0.39 is 0 Å². The van der Waals surface area contributed by atoms with Gasteiger partial charge in [-0.25, -0.2) is 4.39 Å². The van der Waals surface area contributed by atoms with Gasteiger partial charge in [-0.1, -0.05) is 18.9 Å². The molecule has 0 aliphatic heterocycles. The summed E-state index contributed by atoms with van der Waals surface area (Å²) in [5, 5.41) is 0. The first-order valence-electron chi connectivity index (χ1n) is 3.53. The Bertz CT molecular complexity index is 294. The minimum Gasteiger partial charge on any atom is -0.207 e. The van der Waals surface area contributed by atoms with Gasteiger partial charge in [0.05, 0.1) is 0 Å². The first-order valence-corrected chi connectivity index (χ1v) is 3.53. The van der Waals surface area contributed by atoms with Crippen molar-refractivity contribution in [2.45, 2.75) is 13.3 Å². The molecule has 0 N–H and O–H groups in total. The third kappa shape index (κ3) is 1.59. The van der Waals surface area contributed by atoms with Crippen LogP contribution in [0.15, 0.2) is 18.2 Å². The zero-order valence-corrected chi connectivity index (χ0v) is 6.39. The Morgan fingerprint density at radius 1 is 1.55 bits per heavy atom. The second kappa shape index (κ2) is 3.21. The third-order valence-electron chi connectivity index (χ3n) is 1.61. The highest BCUT2D eigenvalue weighted by atomic mass is 19.1. The van der Waals surface area contributed by atoms with Crippen molar-refractivity contribution in [2.24, 2.45) is 0 Å². The molecule has 1 heteroatoms. The maximum absolute atomic E-state index is 12.6. The molecule has 1 rings (SSSR count). The summed E-state index contributed by atoms with van der Waals surface area (Å²) in [6.07, 6.45) is 6.03. The fourth-order valence-corrected chi connectivity index (χ4v) is 0.991. The van der Waals surface area contributed by atoms with Crippen LogP contribution in [-0.2, 0) is 6.42 Å². The molecule has 0 heterocycles. The molecule has 0 aromatic heterocycles. The molecule has 11 heavy (non-hydrogen) atoms. The van der Waals surface area contributed by atoms with Gasteiger partial charge in [0, 0.05) is 5.56 Å². The van der Waals surface area contributed by atoms with Crippen LogP contribution in [0.2, 0.25) is 0 Å². The molecule has 0 amide bonds. The predicted octanol–water partition coefficient (Wildman–Crippen LogP) is 2.37. The first kappa shape index (κ1) is 7.81. The van der Waals surface area contributed by atoms with E-state index in [0.29, 0.717) is 5.56 Å². The van der Waals surface area contributed by atoms with Crippen LogP contribution < -0.4 is 0 Å². The molecular formula is C10H9F. The summed E-state index contributed by atoms with van der Waals surface area (Å²) in [5.41, 5.74) is 1.68. The van der Waals surface area contributed by atoms with E-state index in [4.69, 9.17) is 6.42 Å². The molecule has 1 aromatic rings. The lowest BCUT2D eigenvalue weighted by atomic mass is 10.1. The van der Waals surface area contributed by atoms with Crippen molar-refractivity contribution in [3.63, 3.8) is 0 Å². The van der Waals surface area contributed by atoms with Gasteiger partial charge in [0.25, 0.3) is 0 Å². The molecule has 0 spiro atoms. The van der Waals surface area contributed by atoms with Crippen LogP contribution in [0.3, 0.4) is 0 Å². The summed E-state index contributed by atoms with van der Waals surface area (Å²) < 4.78 is 12.6. The fourth-order valence-electron chi connectivity index (χ4n) is 0.991. The first-order chi connectivity index (χ1) is 5.27. The number of terminal acetylenes is 1. The van der Waals surface area contributed by atoms with E-state index in [1.807, 2.05) is 6.92 Å². The number of benzene rings is 1. The molecule has 0 atom stereocenters. The van der Waals surface area contributed by atoms with Crippen LogP contribution in [0.4, 0.5) is 4.39 Å². The Kier molecular flexibility index (Phi) is 2.28. The summed E-state index contributed by atoms with van der Waals surface area (Å²) in [6, 6.07) is 4.54. The van der Waals surface area contributed by atoms with Crippen molar-refractivity contribution in [3.8, 4) is 12.3 Å².